The van der Waals surface area contributed by atoms with Crippen molar-refractivity contribution in [1.29, 1.82) is 0 Å². The molecule has 1 saturated heterocycles. The molecule has 1 aliphatic heterocycles. The molecule has 1 aliphatic rings. The summed E-state index contributed by atoms with van der Waals surface area (Å²) in [6.45, 7) is -0.809. The minimum atomic E-state index is -4.79. The molecule has 0 aromatic carbocycles. The molecular formula is C9H20O9SSe. The van der Waals surface area contributed by atoms with Crippen LogP contribution in [-0.2, 0) is 14.6 Å². The van der Waals surface area contributed by atoms with E-state index in [9.17, 15) is 28.8 Å². The number of rotatable bonds is 6. The van der Waals surface area contributed by atoms with E-state index in [0.29, 0.717) is 0 Å². The molecule has 1 heterocycles. The van der Waals surface area contributed by atoms with Gasteiger partial charge in [-0.1, -0.05) is 0 Å². The second kappa shape index (κ2) is 7.45. The molecule has 122 valence electrons. The average Bonchev–Trinajstić information content (AvgIpc) is 2.31. The van der Waals surface area contributed by atoms with Gasteiger partial charge in [-0.25, -0.2) is 0 Å². The van der Waals surface area contributed by atoms with Crippen LogP contribution in [0.2, 0.25) is 16.0 Å². The van der Waals surface area contributed by atoms with E-state index in [0.717, 1.165) is 0 Å². The van der Waals surface area contributed by atoms with Gasteiger partial charge in [-0.15, -0.1) is 0 Å². The van der Waals surface area contributed by atoms with Crippen LogP contribution in [0.3, 0.4) is 0 Å². The standard InChI is InChI=1S/C9H20O9SSe/c10-1-8(18-19(15,16)17)5(11)2-20-3-6(12)9(14)7(13)4-20/h5-14,20H,1-4H2,(H,15,16,17)/t5-,6-,7+,8+,9?/m0/s1. The molecule has 1 rings (SSSR count). The molecule has 0 spiro atoms. The fourth-order valence-electron chi connectivity index (χ4n) is 1.98. The van der Waals surface area contributed by atoms with Gasteiger partial charge in [0.2, 0.25) is 0 Å². The molecule has 0 radical (unpaired) electrons. The first kappa shape index (κ1) is 18.2. The Balaban J connectivity index is 2.58. The Bertz CT molecular complexity index is 390. The molecule has 0 aromatic heterocycles. The first-order chi connectivity index (χ1) is 9.14. The monoisotopic (exact) mass is 384 g/mol. The molecule has 1 fully saturated rings. The first-order valence-electron chi connectivity index (χ1n) is 5.85. The van der Waals surface area contributed by atoms with E-state index in [1.807, 2.05) is 0 Å². The second-order valence-corrected chi connectivity index (χ2v) is 10.8. The third-order valence-electron chi connectivity index (χ3n) is 2.98. The van der Waals surface area contributed by atoms with E-state index < -0.39 is 61.4 Å². The molecule has 20 heavy (non-hydrogen) atoms. The maximum atomic E-state index is 10.6. The van der Waals surface area contributed by atoms with E-state index in [4.69, 9.17) is 9.66 Å². The van der Waals surface area contributed by atoms with Crippen molar-refractivity contribution >= 4 is 24.3 Å². The SMILES string of the molecule is O=S(=O)(O)O[C@H](CO)[C@@H](O)C[SeH]1C[C@@H](O)C(O)[C@@H](O)C1. The van der Waals surface area contributed by atoms with Crippen molar-refractivity contribution in [2.75, 3.05) is 6.61 Å². The van der Waals surface area contributed by atoms with Crippen molar-refractivity contribution in [2.24, 2.45) is 0 Å². The van der Waals surface area contributed by atoms with Crippen LogP contribution < -0.4 is 0 Å². The quantitative estimate of drug-likeness (QED) is 0.205. The molecule has 6 atom stereocenters. The topological polar surface area (TPSA) is 165 Å². The summed E-state index contributed by atoms with van der Waals surface area (Å²) in [5, 5.41) is 47.8. The van der Waals surface area contributed by atoms with Gasteiger partial charge < -0.3 is 0 Å². The molecule has 11 heteroatoms. The number of hydrogen-bond donors (Lipinski definition) is 6. The zero-order valence-electron chi connectivity index (χ0n) is 10.5. The van der Waals surface area contributed by atoms with Crippen LogP contribution in [-0.4, -0.2) is 89.5 Å². The Kier molecular flexibility index (Phi) is 6.80. The Morgan fingerprint density at radius 1 is 1.20 bits per heavy atom. The van der Waals surface area contributed by atoms with Crippen LogP contribution in [0.5, 0.6) is 0 Å². The van der Waals surface area contributed by atoms with Gasteiger partial charge >= 0.3 is 120 Å². The van der Waals surface area contributed by atoms with E-state index >= 15 is 0 Å². The summed E-state index contributed by atoms with van der Waals surface area (Å²) in [5.74, 6) is 0. The van der Waals surface area contributed by atoms with E-state index in [1.54, 1.807) is 0 Å². The summed E-state index contributed by atoms with van der Waals surface area (Å²) < 4.78 is 33.8. The summed E-state index contributed by atoms with van der Waals surface area (Å²) in [6, 6.07) is 0. The zero-order chi connectivity index (χ0) is 15.5. The summed E-state index contributed by atoms with van der Waals surface area (Å²) >= 11 is -1.93. The van der Waals surface area contributed by atoms with Crippen molar-refractivity contribution in [3.05, 3.63) is 0 Å². The Hall–Kier alpha value is 0.189. The van der Waals surface area contributed by atoms with Crippen LogP contribution in [0.25, 0.3) is 0 Å². The third-order valence-corrected chi connectivity index (χ3v) is 9.07. The fraction of sp³-hybridized carbons (Fsp3) is 1.00. The summed E-state index contributed by atoms with van der Waals surface area (Å²) in [5.41, 5.74) is 0. The van der Waals surface area contributed by atoms with Crippen molar-refractivity contribution in [3.8, 4) is 0 Å². The van der Waals surface area contributed by atoms with Crippen molar-refractivity contribution < 1.29 is 42.7 Å². The number of aliphatic hydroxyl groups is 5. The van der Waals surface area contributed by atoms with Gasteiger partial charge in [0.05, 0.1) is 0 Å². The van der Waals surface area contributed by atoms with Gasteiger partial charge in [0, 0.05) is 0 Å². The summed E-state index contributed by atoms with van der Waals surface area (Å²) in [6.07, 6.45) is -6.24. The number of hydrogen-bond acceptors (Lipinski definition) is 8. The molecule has 2 unspecified atom stereocenters. The normalized spacial score (nSPS) is 36.5. The molecular weight excluding hydrogens is 363 g/mol. The van der Waals surface area contributed by atoms with E-state index in [2.05, 4.69) is 4.18 Å². The van der Waals surface area contributed by atoms with Gasteiger partial charge in [-0.05, 0) is 0 Å². The third kappa shape index (κ3) is 5.52. The van der Waals surface area contributed by atoms with Crippen LogP contribution in [0.4, 0.5) is 0 Å². The first-order valence-corrected chi connectivity index (χ1v) is 11.2. The van der Waals surface area contributed by atoms with E-state index in [1.165, 1.54) is 0 Å². The van der Waals surface area contributed by atoms with Crippen molar-refractivity contribution in [2.45, 2.75) is 46.5 Å². The van der Waals surface area contributed by atoms with Crippen molar-refractivity contribution in [1.82, 2.24) is 0 Å². The van der Waals surface area contributed by atoms with Crippen LogP contribution >= 0.6 is 0 Å². The van der Waals surface area contributed by atoms with Crippen LogP contribution in [0.15, 0.2) is 0 Å². The molecule has 0 aromatic rings. The Labute approximate surface area is 120 Å². The zero-order valence-corrected chi connectivity index (χ0v) is 13.2. The average molecular weight is 383 g/mol. The van der Waals surface area contributed by atoms with Gasteiger partial charge in [0.1, 0.15) is 0 Å². The van der Waals surface area contributed by atoms with Gasteiger partial charge in [0.15, 0.2) is 0 Å². The Morgan fingerprint density at radius 3 is 2.10 bits per heavy atom. The predicted molar refractivity (Wildman–Crippen MR) is 69.1 cm³/mol. The summed E-state index contributed by atoms with van der Waals surface area (Å²) in [4.78, 5) is 0. The summed E-state index contributed by atoms with van der Waals surface area (Å²) in [7, 11) is -4.79. The van der Waals surface area contributed by atoms with Crippen molar-refractivity contribution in [3.63, 3.8) is 0 Å². The number of aliphatic hydroxyl groups excluding tert-OH is 5. The van der Waals surface area contributed by atoms with E-state index in [-0.39, 0.29) is 16.0 Å². The second-order valence-electron chi connectivity index (χ2n) is 4.66. The van der Waals surface area contributed by atoms with Gasteiger partial charge in [-0.2, -0.15) is 0 Å². The fourth-order valence-corrected chi connectivity index (χ4v) is 8.15. The van der Waals surface area contributed by atoms with Gasteiger partial charge in [-0.3, -0.25) is 0 Å². The molecule has 0 aliphatic carbocycles. The predicted octanol–water partition coefficient (Wildman–Crippen LogP) is -3.15. The maximum absolute atomic E-state index is 10.6. The Morgan fingerprint density at radius 2 is 1.70 bits per heavy atom. The van der Waals surface area contributed by atoms with Crippen LogP contribution in [0.1, 0.15) is 0 Å². The van der Waals surface area contributed by atoms with Crippen LogP contribution in [0, 0.1) is 0 Å². The molecule has 0 bridgehead atoms. The molecule has 6 N–H and O–H groups in total. The molecule has 0 saturated carbocycles. The van der Waals surface area contributed by atoms with Gasteiger partial charge in [0.25, 0.3) is 0 Å². The molecule has 9 nitrogen and oxygen atoms in total. The molecule has 0 amide bonds. The minimum absolute atomic E-state index is 0.0780.